The van der Waals surface area contributed by atoms with E-state index < -0.39 is 12.2 Å². The minimum atomic E-state index is -0.745. The highest BCUT2D eigenvalue weighted by atomic mass is 19.1. The SMILES string of the molecule is C=N/C(F)=C\c1c(C)n2cccc2c(=O)n1CCCC(O)NCC. The summed E-state index contributed by atoms with van der Waals surface area (Å²) in [5.41, 5.74) is 1.52. The number of aryl methyl sites for hydroxylation is 1. The van der Waals surface area contributed by atoms with Crippen molar-refractivity contribution < 1.29 is 9.50 Å². The molecule has 0 bridgehead atoms. The zero-order valence-corrected chi connectivity index (χ0v) is 14.0. The van der Waals surface area contributed by atoms with Crippen molar-refractivity contribution in [3.63, 3.8) is 0 Å². The van der Waals surface area contributed by atoms with E-state index in [1.54, 1.807) is 22.7 Å². The van der Waals surface area contributed by atoms with Gasteiger partial charge in [-0.3, -0.25) is 10.1 Å². The fourth-order valence-electron chi connectivity index (χ4n) is 2.76. The lowest BCUT2D eigenvalue weighted by molar-refractivity contribution is 0.126. The summed E-state index contributed by atoms with van der Waals surface area (Å²) in [5, 5.41) is 12.7. The summed E-state index contributed by atoms with van der Waals surface area (Å²) in [7, 11) is 0. The molecule has 2 heterocycles. The Morgan fingerprint density at radius 2 is 2.33 bits per heavy atom. The Hall–Kier alpha value is -2.25. The number of aliphatic hydroxyl groups is 1. The van der Waals surface area contributed by atoms with E-state index in [1.165, 1.54) is 10.6 Å². The van der Waals surface area contributed by atoms with Crippen LogP contribution in [0.5, 0.6) is 0 Å². The fourth-order valence-corrected chi connectivity index (χ4v) is 2.76. The molecule has 0 aliphatic rings. The van der Waals surface area contributed by atoms with Gasteiger partial charge in [0.1, 0.15) is 11.7 Å². The van der Waals surface area contributed by atoms with Crippen LogP contribution in [0.3, 0.4) is 0 Å². The number of aliphatic imine (C=N–C) groups is 1. The number of aliphatic hydroxyl groups excluding tert-OH is 1. The first kappa shape index (κ1) is 18.1. The standard InChI is InChI=1S/C17H23FN4O2/c1-4-20-16(23)8-6-10-22-14(11-15(18)19-3)12(2)21-9-5-7-13(21)17(22)24/h5,7,9,11,16,20,23H,3-4,6,8,10H2,1-2H3/b15-11-. The molecule has 130 valence electrons. The van der Waals surface area contributed by atoms with Gasteiger partial charge >= 0.3 is 0 Å². The molecule has 0 saturated heterocycles. The van der Waals surface area contributed by atoms with Crippen molar-refractivity contribution in [2.75, 3.05) is 6.54 Å². The van der Waals surface area contributed by atoms with E-state index in [1.807, 2.05) is 13.8 Å². The average Bonchev–Trinajstić information content (AvgIpc) is 3.05. The van der Waals surface area contributed by atoms with Crippen LogP contribution >= 0.6 is 0 Å². The summed E-state index contributed by atoms with van der Waals surface area (Å²) < 4.78 is 16.9. The molecule has 6 nitrogen and oxygen atoms in total. The molecule has 0 saturated carbocycles. The Bertz CT molecular complexity index is 807. The molecule has 0 radical (unpaired) electrons. The van der Waals surface area contributed by atoms with Crippen LogP contribution in [0.2, 0.25) is 0 Å². The van der Waals surface area contributed by atoms with Crippen molar-refractivity contribution in [1.29, 1.82) is 0 Å². The van der Waals surface area contributed by atoms with Crippen molar-refractivity contribution in [1.82, 2.24) is 14.3 Å². The Kier molecular flexibility index (Phi) is 6.05. The van der Waals surface area contributed by atoms with Gasteiger partial charge in [-0.1, -0.05) is 6.92 Å². The minimum absolute atomic E-state index is 0.202. The first-order valence-electron chi connectivity index (χ1n) is 7.95. The smallest absolute Gasteiger partial charge is 0.275 e. The van der Waals surface area contributed by atoms with Gasteiger partial charge in [0.2, 0.25) is 5.95 Å². The second kappa shape index (κ2) is 8.03. The second-order valence-electron chi connectivity index (χ2n) is 5.53. The summed E-state index contributed by atoms with van der Waals surface area (Å²) in [6.45, 7) is 7.94. The molecule has 24 heavy (non-hydrogen) atoms. The lowest BCUT2D eigenvalue weighted by Gasteiger charge is -2.16. The quantitative estimate of drug-likeness (QED) is 0.441. The Morgan fingerprint density at radius 1 is 1.58 bits per heavy atom. The largest absolute Gasteiger partial charge is 0.379 e. The molecule has 2 aromatic heterocycles. The van der Waals surface area contributed by atoms with Crippen LogP contribution in [-0.2, 0) is 6.54 Å². The molecule has 0 aromatic carbocycles. The third-order valence-corrected chi connectivity index (χ3v) is 3.94. The van der Waals surface area contributed by atoms with E-state index in [9.17, 15) is 14.3 Å². The third-order valence-electron chi connectivity index (χ3n) is 3.94. The van der Waals surface area contributed by atoms with Gasteiger partial charge in [0.15, 0.2) is 0 Å². The lowest BCUT2D eigenvalue weighted by Crippen LogP contribution is -2.30. The van der Waals surface area contributed by atoms with Crippen LogP contribution in [0.25, 0.3) is 11.6 Å². The number of hydrogen-bond donors (Lipinski definition) is 2. The maximum absolute atomic E-state index is 13.6. The number of rotatable bonds is 8. The fraction of sp³-hybridized carbons (Fsp3) is 0.412. The van der Waals surface area contributed by atoms with E-state index >= 15 is 0 Å². The van der Waals surface area contributed by atoms with Crippen molar-refractivity contribution >= 4 is 18.3 Å². The molecule has 0 aliphatic carbocycles. The lowest BCUT2D eigenvalue weighted by atomic mass is 10.2. The summed E-state index contributed by atoms with van der Waals surface area (Å²) in [6.07, 6.45) is 3.44. The monoisotopic (exact) mass is 334 g/mol. The van der Waals surface area contributed by atoms with Gasteiger partial charge in [-0.15, -0.1) is 0 Å². The Morgan fingerprint density at radius 3 is 3.00 bits per heavy atom. The van der Waals surface area contributed by atoms with Gasteiger partial charge in [-0.2, -0.15) is 4.39 Å². The molecule has 2 aromatic rings. The van der Waals surface area contributed by atoms with Gasteiger partial charge < -0.3 is 14.1 Å². The first-order valence-corrected chi connectivity index (χ1v) is 7.95. The van der Waals surface area contributed by atoms with Crippen molar-refractivity contribution in [2.45, 2.75) is 39.5 Å². The van der Waals surface area contributed by atoms with Crippen molar-refractivity contribution in [2.24, 2.45) is 4.99 Å². The van der Waals surface area contributed by atoms with Crippen LogP contribution in [0.1, 0.15) is 31.2 Å². The Labute approximate surface area is 140 Å². The van der Waals surface area contributed by atoms with Crippen molar-refractivity contribution in [3.8, 4) is 0 Å². The van der Waals surface area contributed by atoms with Gasteiger partial charge in [0.25, 0.3) is 5.56 Å². The summed E-state index contributed by atoms with van der Waals surface area (Å²) in [6, 6.07) is 3.51. The summed E-state index contributed by atoms with van der Waals surface area (Å²) in [4.78, 5) is 16.0. The second-order valence-corrected chi connectivity index (χ2v) is 5.53. The van der Waals surface area contributed by atoms with E-state index in [0.29, 0.717) is 37.1 Å². The molecule has 2 N–H and O–H groups in total. The molecule has 0 amide bonds. The van der Waals surface area contributed by atoms with Crippen LogP contribution in [-0.4, -0.2) is 33.6 Å². The molecular formula is C17H23FN4O2. The van der Waals surface area contributed by atoms with Gasteiger partial charge in [-0.25, -0.2) is 4.99 Å². The van der Waals surface area contributed by atoms with E-state index in [0.717, 1.165) is 5.69 Å². The molecule has 0 fully saturated rings. The molecule has 1 atom stereocenters. The van der Waals surface area contributed by atoms with E-state index in [2.05, 4.69) is 17.0 Å². The average molecular weight is 334 g/mol. The zero-order valence-electron chi connectivity index (χ0n) is 14.0. The van der Waals surface area contributed by atoms with Crippen LogP contribution in [0.15, 0.2) is 34.1 Å². The normalized spacial score (nSPS) is 13.4. The highest BCUT2D eigenvalue weighted by molar-refractivity contribution is 5.56. The van der Waals surface area contributed by atoms with E-state index in [4.69, 9.17) is 0 Å². The number of halogens is 1. The predicted octanol–water partition coefficient (Wildman–Crippen LogP) is 2.09. The number of nitrogens with one attached hydrogen (secondary N) is 1. The Balaban J connectivity index is 2.42. The highest BCUT2D eigenvalue weighted by Crippen LogP contribution is 2.16. The summed E-state index contributed by atoms with van der Waals surface area (Å²) in [5.74, 6) is -0.745. The predicted molar refractivity (Wildman–Crippen MR) is 93.9 cm³/mol. The van der Waals surface area contributed by atoms with Crippen molar-refractivity contribution in [3.05, 3.63) is 46.0 Å². The number of nitrogens with zero attached hydrogens (tertiary/aromatic N) is 3. The molecule has 1 unspecified atom stereocenters. The van der Waals surface area contributed by atoms with E-state index in [-0.39, 0.29) is 5.56 Å². The number of fused-ring (bicyclic) bond motifs is 1. The number of aromatic nitrogens is 2. The highest BCUT2D eigenvalue weighted by Gasteiger charge is 2.13. The molecule has 0 spiro atoms. The zero-order chi connectivity index (χ0) is 17.7. The molecular weight excluding hydrogens is 311 g/mol. The third kappa shape index (κ3) is 3.80. The van der Waals surface area contributed by atoms with Crippen LogP contribution in [0.4, 0.5) is 4.39 Å². The maximum atomic E-state index is 13.6. The topological polar surface area (TPSA) is 71.0 Å². The van der Waals surface area contributed by atoms with Crippen LogP contribution in [0, 0.1) is 6.92 Å². The molecule has 2 rings (SSSR count). The molecule has 7 heteroatoms. The maximum Gasteiger partial charge on any atom is 0.275 e. The van der Waals surface area contributed by atoms with Gasteiger partial charge in [0.05, 0.1) is 5.69 Å². The van der Waals surface area contributed by atoms with Gasteiger partial charge in [0, 0.05) is 24.5 Å². The number of hydrogen-bond acceptors (Lipinski definition) is 4. The molecule has 0 aliphatic heterocycles. The first-order chi connectivity index (χ1) is 11.5. The minimum Gasteiger partial charge on any atom is -0.379 e. The summed E-state index contributed by atoms with van der Waals surface area (Å²) >= 11 is 0. The van der Waals surface area contributed by atoms with Gasteiger partial charge in [-0.05, 0) is 45.2 Å². The van der Waals surface area contributed by atoms with Crippen LogP contribution < -0.4 is 10.9 Å².